The van der Waals surface area contributed by atoms with Crippen molar-refractivity contribution < 1.29 is 4.74 Å². The molecule has 0 aliphatic heterocycles. The van der Waals surface area contributed by atoms with Crippen molar-refractivity contribution in [2.45, 2.75) is 40.0 Å². The molecular formula is C13H19N3O. The van der Waals surface area contributed by atoms with Crippen LogP contribution in [0.5, 0.6) is 5.88 Å². The summed E-state index contributed by atoms with van der Waals surface area (Å²) in [5.74, 6) is 1.74. The highest BCUT2D eigenvalue weighted by Gasteiger charge is 2.22. The summed E-state index contributed by atoms with van der Waals surface area (Å²) in [5.41, 5.74) is 1.92. The number of aromatic nitrogens is 3. The Morgan fingerprint density at radius 3 is 2.53 bits per heavy atom. The summed E-state index contributed by atoms with van der Waals surface area (Å²) in [6.07, 6.45) is 0. The third-order valence-electron chi connectivity index (χ3n) is 2.58. The molecule has 4 heteroatoms. The molecule has 0 N–H and O–H groups in total. The Kier molecular flexibility index (Phi) is 2.81. The van der Waals surface area contributed by atoms with Crippen molar-refractivity contribution in [3.63, 3.8) is 0 Å². The van der Waals surface area contributed by atoms with Gasteiger partial charge in [0.1, 0.15) is 5.82 Å². The van der Waals surface area contributed by atoms with Crippen LogP contribution in [0.1, 0.15) is 39.1 Å². The Bertz CT molecular complexity index is 537. The van der Waals surface area contributed by atoms with Gasteiger partial charge >= 0.3 is 0 Å². The first kappa shape index (κ1) is 11.9. The SMILES string of the molecule is CCOc1cc(C)cc2nnc(C(C)(C)C)n12. The first-order valence-electron chi connectivity index (χ1n) is 5.92. The summed E-state index contributed by atoms with van der Waals surface area (Å²) < 4.78 is 7.67. The van der Waals surface area contributed by atoms with E-state index in [2.05, 4.69) is 31.0 Å². The maximum Gasteiger partial charge on any atom is 0.201 e. The maximum atomic E-state index is 5.68. The molecule has 0 spiro atoms. The molecule has 17 heavy (non-hydrogen) atoms. The molecule has 0 atom stereocenters. The number of nitrogens with zero attached hydrogens (tertiary/aromatic N) is 3. The minimum atomic E-state index is -0.0550. The van der Waals surface area contributed by atoms with Gasteiger partial charge in [0.05, 0.1) is 6.61 Å². The fourth-order valence-corrected chi connectivity index (χ4v) is 1.85. The summed E-state index contributed by atoms with van der Waals surface area (Å²) in [7, 11) is 0. The van der Waals surface area contributed by atoms with Gasteiger partial charge < -0.3 is 4.74 Å². The number of fused-ring (bicyclic) bond motifs is 1. The van der Waals surface area contributed by atoms with Gasteiger partial charge in [-0.05, 0) is 25.5 Å². The average Bonchev–Trinajstić information content (AvgIpc) is 2.60. The number of pyridine rings is 1. The summed E-state index contributed by atoms with van der Waals surface area (Å²) in [4.78, 5) is 0. The Balaban J connectivity index is 2.73. The summed E-state index contributed by atoms with van der Waals surface area (Å²) in [6, 6.07) is 4.04. The van der Waals surface area contributed by atoms with Crippen LogP contribution in [0.25, 0.3) is 5.65 Å². The number of ether oxygens (including phenoxy) is 1. The van der Waals surface area contributed by atoms with E-state index in [1.54, 1.807) is 0 Å². The fourth-order valence-electron chi connectivity index (χ4n) is 1.85. The van der Waals surface area contributed by atoms with Crippen LogP contribution in [0.2, 0.25) is 0 Å². The Morgan fingerprint density at radius 1 is 1.24 bits per heavy atom. The Hall–Kier alpha value is -1.58. The molecule has 0 bridgehead atoms. The van der Waals surface area contributed by atoms with Crippen LogP contribution in [0.15, 0.2) is 12.1 Å². The molecule has 2 rings (SSSR count). The molecule has 2 aromatic heterocycles. The van der Waals surface area contributed by atoms with Crippen LogP contribution in [-0.4, -0.2) is 21.2 Å². The second-order valence-electron chi connectivity index (χ2n) is 5.27. The first-order valence-corrected chi connectivity index (χ1v) is 5.92. The van der Waals surface area contributed by atoms with Crippen molar-refractivity contribution in [1.82, 2.24) is 14.6 Å². The lowest BCUT2D eigenvalue weighted by Gasteiger charge is -2.18. The smallest absolute Gasteiger partial charge is 0.201 e. The van der Waals surface area contributed by atoms with Gasteiger partial charge in [-0.2, -0.15) is 0 Å². The standard InChI is InChI=1S/C13H19N3O/c1-6-17-11-8-9(2)7-10-14-15-12(16(10)11)13(3,4)5/h7-8H,6H2,1-5H3. The van der Waals surface area contributed by atoms with Crippen molar-refractivity contribution in [3.8, 4) is 5.88 Å². The van der Waals surface area contributed by atoms with Crippen molar-refractivity contribution in [3.05, 3.63) is 23.5 Å². The Morgan fingerprint density at radius 2 is 1.94 bits per heavy atom. The predicted octanol–water partition coefficient (Wildman–Crippen LogP) is 2.73. The minimum absolute atomic E-state index is 0.0550. The topological polar surface area (TPSA) is 39.4 Å². The largest absolute Gasteiger partial charge is 0.479 e. The van der Waals surface area contributed by atoms with Crippen LogP contribution < -0.4 is 4.74 Å². The molecule has 0 aliphatic carbocycles. The predicted molar refractivity (Wildman–Crippen MR) is 67.6 cm³/mol. The zero-order valence-electron chi connectivity index (χ0n) is 11.1. The molecule has 2 aromatic rings. The molecule has 2 heterocycles. The maximum absolute atomic E-state index is 5.68. The van der Waals surface area contributed by atoms with Crippen LogP contribution in [0, 0.1) is 6.92 Å². The van der Waals surface area contributed by atoms with E-state index in [0.717, 1.165) is 22.9 Å². The molecular weight excluding hydrogens is 214 g/mol. The highest BCUT2D eigenvalue weighted by Crippen LogP contribution is 2.26. The summed E-state index contributed by atoms with van der Waals surface area (Å²) in [6.45, 7) is 11.0. The van der Waals surface area contributed by atoms with E-state index in [-0.39, 0.29) is 5.41 Å². The van der Waals surface area contributed by atoms with Crippen molar-refractivity contribution in [1.29, 1.82) is 0 Å². The molecule has 0 fully saturated rings. The molecule has 0 aliphatic rings. The van der Waals surface area contributed by atoms with Crippen molar-refractivity contribution in [2.24, 2.45) is 0 Å². The molecule has 0 saturated carbocycles. The van der Waals surface area contributed by atoms with E-state index >= 15 is 0 Å². The monoisotopic (exact) mass is 233 g/mol. The quantitative estimate of drug-likeness (QED) is 0.800. The minimum Gasteiger partial charge on any atom is -0.479 e. The van der Waals surface area contributed by atoms with Crippen LogP contribution in [-0.2, 0) is 5.41 Å². The molecule has 4 nitrogen and oxygen atoms in total. The van der Waals surface area contributed by atoms with Gasteiger partial charge in [-0.15, -0.1) is 10.2 Å². The molecule has 92 valence electrons. The van der Waals surface area contributed by atoms with Crippen LogP contribution in [0.3, 0.4) is 0 Å². The zero-order chi connectivity index (χ0) is 12.6. The fraction of sp³-hybridized carbons (Fsp3) is 0.538. The zero-order valence-corrected chi connectivity index (χ0v) is 11.1. The third kappa shape index (κ3) is 2.12. The molecule has 0 unspecified atom stereocenters. The van der Waals surface area contributed by atoms with Gasteiger partial charge in [0.2, 0.25) is 5.88 Å². The van der Waals surface area contributed by atoms with Crippen molar-refractivity contribution >= 4 is 5.65 Å². The lowest BCUT2D eigenvalue weighted by molar-refractivity contribution is 0.318. The molecule has 0 saturated heterocycles. The van der Waals surface area contributed by atoms with Gasteiger partial charge in [0.25, 0.3) is 0 Å². The van der Waals surface area contributed by atoms with Gasteiger partial charge in [0.15, 0.2) is 5.65 Å². The van der Waals surface area contributed by atoms with E-state index < -0.39 is 0 Å². The number of aryl methyl sites for hydroxylation is 1. The third-order valence-corrected chi connectivity index (χ3v) is 2.58. The highest BCUT2D eigenvalue weighted by atomic mass is 16.5. The van der Waals surface area contributed by atoms with Gasteiger partial charge in [-0.25, -0.2) is 4.40 Å². The lowest BCUT2D eigenvalue weighted by Crippen LogP contribution is -2.17. The van der Waals surface area contributed by atoms with E-state index in [1.807, 2.05) is 30.4 Å². The van der Waals surface area contributed by atoms with Crippen LogP contribution in [0.4, 0.5) is 0 Å². The number of rotatable bonds is 2. The first-order chi connectivity index (χ1) is 7.93. The second-order valence-corrected chi connectivity index (χ2v) is 5.27. The highest BCUT2D eigenvalue weighted by molar-refractivity contribution is 5.46. The van der Waals surface area contributed by atoms with E-state index in [4.69, 9.17) is 4.74 Å². The molecule has 0 radical (unpaired) electrons. The van der Waals surface area contributed by atoms with Gasteiger partial charge in [-0.1, -0.05) is 20.8 Å². The van der Waals surface area contributed by atoms with Crippen LogP contribution >= 0.6 is 0 Å². The molecule has 0 aromatic carbocycles. The summed E-state index contributed by atoms with van der Waals surface area (Å²) in [5, 5.41) is 8.51. The van der Waals surface area contributed by atoms with E-state index in [0.29, 0.717) is 6.61 Å². The number of hydrogen-bond donors (Lipinski definition) is 0. The summed E-state index contributed by atoms with van der Waals surface area (Å²) >= 11 is 0. The normalized spacial score (nSPS) is 12.1. The second kappa shape index (κ2) is 4.02. The van der Waals surface area contributed by atoms with Gasteiger partial charge in [-0.3, -0.25) is 0 Å². The van der Waals surface area contributed by atoms with E-state index in [1.165, 1.54) is 0 Å². The average molecular weight is 233 g/mol. The number of hydrogen-bond acceptors (Lipinski definition) is 3. The van der Waals surface area contributed by atoms with Crippen molar-refractivity contribution in [2.75, 3.05) is 6.61 Å². The van der Waals surface area contributed by atoms with E-state index in [9.17, 15) is 0 Å². The Labute approximate surface area is 102 Å². The lowest BCUT2D eigenvalue weighted by atomic mass is 9.96. The van der Waals surface area contributed by atoms with Gasteiger partial charge in [0, 0.05) is 11.5 Å². The molecule has 0 amide bonds.